The van der Waals surface area contributed by atoms with Crippen LogP contribution in [-0.4, -0.2) is 61.5 Å². The van der Waals surface area contributed by atoms with Crippen LogP contribution in [0.25, 0.3) is 0 Å². The van der Waals surface area contributed by atoms with Crippen LogP contribution >= 0.6 is 0 Å². The Hall–Kier alpha value is -1.46. The highest BCUT2D eigenvalue weighted by Crippen LogP contribution is 2.27. The minimum atomic E-state index is -0.205. The number of hydrogen-bond donors (Lipinski definition) is 1. The van der Waals surface area contributed by atoms with Crippen molar-refractivity contribution >= 4 is 5.91 Å². The zero-order valence-electron chi connectivity index (χ0n) is 13.8. The molecule has 1 amide bonds. The van der Waals surface area contributed by atoms with Crippen molar-refractivity contribution in [1.29, 1.82) is 0 Å². The Kier molecular flexibility index (Phi) is 5.28. The van der Waals surface area contributed by atoms with Crippen LogP contribution in [0.1, 0.15) is 30.7 Å². The molecule has 126 valence electrons. The van der Waals surface area contributed by atoms with E-state index in [4.69, 9.17) is 0 Å². The Bertz CT molecular complexity index is 528. The van der Waals surface area contributed by atoms with E-state index in [2.05, 4.69) is 17.3 Å². The maximum atomic E-state index is 13.0. The van der Waals surface area contributed by atoms with Gasteiger partial charge in [0.25, 0.3) is 0 Å². The SMILES string of the molecule is CN(CC(=O)N1CC[C@@H](c2ccc(F)cc2)C1)C1CCNCC1. The summed E-state index contributed by atoms with van der Waals surface area (Å²) >= 11 is 0. The summed E-state index contributed by atoms with van der Waals surface area (Å²) in [6.45, 7) is 4.14. The molecular weight excluding hydrogens is 293 g/mol. The number of likely N-dealkylation sites (tertiary alicyclic amines) is 1. The van der Waals surface area contributed by atoms with Gasteiger partial charge in [0, 0.05) is 25.0 Å². The van der Waals surface area contributed by atoms with Crippen molar-refractivity contribution in [1.82, 2.24) is 15.1 Å². The Morgan fingerprint density at radius 1 is 1.26 bits per heavy atom. The molecule has 4 nitrogen and oxygen atoms in total. The van der Waals surface area contributed by atoms with Crippen molar-refractivity contribution < 1.29 is 9.18 Å². The monoisotopic (exact) mass is 319 g/mol. The molecule has 1 atom stereocenters. The molecular formula is C18H26FN3O. The molecule has 0 radical (unpaired) electrons. The summed E-state index contributed by atoms with van der Waals surface area (Å²) in [5.41, 5.74) is 1.13. The lowest BCUT2D eigenvalue weighted by molar-refractivity contribution is -0.131. The zero-order chi connectivity index (χ0) is 16.2. The van der Waals surface area contributed by atoms with Crippen molar-refractivity contribution in [2.45, 2.75) is 31.2 Å². The number of likely N-dealkylation sites (N-methyl/N-ethyl adjacent to an activating group) is 1. The van der Waals surface area contributed by atoms with Gasteiger partial charge in [0.2, 0.25) is 5.91 Å². The van der Waals surface area contributed by atoms with Crippen LogP contribution < -0.4 is 5.32 Å². The maximum absolute atomic E-state index is 13.0. The Morgan fingerprint density at radius 2 is 1.96 bits per heavy atom. The van der Waals surface area contributed by atoms with E-state index in [0.29, 0.717) is 18.5 Å². The summed E-state index contributed by atoms with van der Waals surface area (Å²) in [6, 6.07) is 7.20. The average Bonchev–Trinajstić information content (AvgIpc) is 3.06. The van der Waals surface area contributed by atoms with E-state index in [1.807, 2.05) is 17.0 Å². The number of piperidine rings is 1. The third-order valence-electron chi connectivity index (χ3n) is 5.20. The van der Waals surface area contributed by atoms with E-state index < -0.39 is 0 Å². The predicted molar refractivity (Wildman–Crippen MR) is 88.9 cm³/mol. The smallest absolute Gasteiger partial charge is 0.236 e. The van der Waals surface area contributed by atoms with Crippen molar-refractivity contribution in [2.75, 3.05) is 39.8 Å². The molecule has 0 saturated carbocycles. The number of benzene rings is 1. The highest BCUT2D eigenvalue weighted by atomic mass is 19.1. The molecule has 3 rings (SSSR count). The number of rotatable bonds is 4. The van der Waals surface area contributed by atoms with E-state index in [1.165, 1.54) is 12.1 Å². The van der Waals surface area contributed by atoms with Crippen LogP contribution in [-0.2, 0) is 4.79 Å². The molecule has 23 heavy (non-hydrogen) atoms. The van der Waals surface area contributed by atoms with E-state index in [1.54, 1.807) is 0 Å². The van der Waals surface area contributed by atoms with E-state index in [9.17, 15) is 9.18 Å². The second kappa shape index (κ2) is 7.41. The van der Waals surface area contributed by atoms with E-state index >= 15 is 0 Å². The van der Waals surface area contributed by atoms with Gasteiger partial charge in [-0.2, -0.15) is 0 Å². The number of halogens is 1. The lowest BCUT2D eigenvalue weighted by Gasteiger charge is -2.32. The molecule has 1 aromatic rings. The van der Waals surface area contributed by atoms with Crippen LogP contribution in [0, 0.1) is 5.82 Å². The predicted octanol–water partition coefficient (Wildman–Crippen LogP) is 1.83. The van der Waals surface area contributed by atoms with Gasteiger partial charge in [-0.05, 0) is 57.1 Å². The number of hydrogen-bond acceptors (Lipinski definition) is 3. The van der Waals surface area contributed by atoms with Crippen LogP contribution in [0.2, 0.25) is 0 Å². The molecule has 0 aromatic heterocycles. The Morgan fingerprint density at radius 3 is 2.65 bits per heavy atom. The van der Waals surface area contributed by atoms with Crippen molar-refractivity contribution in [2.24, 2.45) is 0 Å². The first-order chi connectivity index (χ1) is 11.1. The van der Waals surface area contributed by atoms with E-state index in [-0.39, 0.29) is 11.7 Å². The topological polar surface area (TPSA) is 35.6 Å². The zero-order valence-corrected chi connectivity index (χ0v) is 13.8. The number of nitrogens with one attached hydrogen (secondary N) is 1. The summed E-state index contributed by atoms with van der Waals surface area (Å²) in [4.78, 5) is 16.7. The number of amides is 1. The normalized spacial score (nSPS) is 22.7. The lowest BCUT2D eigenvalue weighted by atomic mass is 9.99. The van der Waals surface area contributed by atoms with Gasteiger partial charge in [-0.1, -0.05) is 12.1 Å². The first-order valence-corrected chi connectivity index (χ1v) is 8.57. The van der Waals surface area contributed by atoms with Crippen molar-refractivity contribution in [3.63, 3.8) is 0 Å². The lowest BCUT2D eigenvalue weighted by Crippen LogP contribution is -2.46. The van der Waals surface area contributed by atoms with Crippen LogP contribution in [0.4, 0.5) is 4.39 Å². The fourth-order valence-electron chi connectivity index (χ4n) is 3.68. The van der Waals surface area contributed by atoms with Gasteiger partial charge in [-0.15, -0.1) is 0 Å². The Balaban J connectivity index is 1.51. The summed E-state index contributed by atoms with van der Waals surface area (Å²) in [7, 11) is 2.06. The number of carbonyl (C=O) groups is 1. The largest absolute Gasteiger partial charge is 0.341 e. The standard InChI is InChI=1S/C18H26FN3O/c1-21(17-6-9-20-10-7-17)13-18(23)22-11-8-15(12-22)14-2-4-16(19)5-3-14/h2-5,15,17,20H,6-13H2,1H3/t15-/m1/s1. The van der Waals surface area contributed by atoms with Crippen molar-refractivity contribution in [3.8, 4) is 0 Å². The molecule has 2 heterocycles. The second-order valence-corrected chi connectivity index (χ2v) is 6.77. The third kappa shape index (κ3) is 4.09. The highest BCUT2D eigenvalue weighted by molar-refractivity contribution is 5.78. The van der Waals surface area contributed by atoms with Gasteiger partial charge in [0.1, 0.15) is 5.82 Å². The summed E-state index contributed by atoms with van der Waals surface area (Å²) in [6.07, 6.45) is 3.19. The quantitative estimate of drug-likeness (QED) is 0.920. The first-order valence-electron chi connectivity index (χ1n) is 8.57. The highest BCUT2D eigenvalue weighted by Gasteiger charge is 2.29. The molecule has 2 saturated heterocycles. The minimum absolute atomic E-state index is 0.205. The summed E-state index contributed by atoms with van der Waals surface area (Å²) in [5, 5.41) is 3.36. The van der Waals surface area contributed by atoms with Gasteiger partial charge in [-0.3, -0.25) is 9.69 Å². The molecule has 0 spiro atoms. The number of nitrogens with zero attached hydrogens (tertiary/aromatic N) is 2. The molecule has 0 bridgehead atoms. The fourth-order valence-corrected chi connectivity index (χ4v) is 3.68. The fraction of sp³-hybridized carbons (Fsp3) is 0.611. The molecule has 2 fully saturated rings. The van der Waals surface area contributed by atoms with Crippen molar-refractivity contribution in [3.05, 3.63) is 35.6 Å². The molecule has 2 aliphatic rings. The molecule has 1 N–H and O–H groups in total. The maximum Gasteiger partial charge on any atom is 0.236 e. The van der Waals surface area contributed by atoms with Gasteiger partial charge in [-0.25, -0.2) is 4.39 Å². The molecule has 2 aliphatic heterocycles. The second-order valence-electron chi connectivity index (χ2n) is 6.77. The average molecular weight is 319 g/mol. The summed E-state index contributed by atoms with van der Waals surface area (Å²) < 4.78 is 13.0. The third-order valence-corrected chi connectivity index (χ3v) is 5.20. The van der Waals surface area contributed by atoms with Gasteiger partial charge in [0.05, 0.1) is 6.54 Å². The molecule has 1 aromatic carbocycles. The summed E-state index contributed by atoms with van der Waals surface area (Å²) in [5.74, 6) is 0.350. The first kappa shape index (κ1) is 16.4. The van der Waals surface area contributed by atoms with Gasteiger partial charge >= 0.3 is 0 Å². The molecule has 0 aliphatic carbocycles. The van der Waals surface area contributed by atoms with Crippen LogP contribution in [0.15, 0.2) is 24.3 Å². The van der Waals surface area contributed by atoms with E-state index in [0.717, 1.165) is 51.0 Å². The minimum Gasteiger partial charge on any atom is -0.341 e. The van der Waals surface area contributed by atoms with Gasteiger partial charge < -0.3 is 10.2 Å². The molecule has 5 heteroatoms. The van der Waals surface area contributed by atoms with Crippen LogP contribution in [0.5, 0.6) is 0 Å². The molecule has 0 unspecified atom stereocenters. The number of carbonyl (C=O) groups excluding carboxylic acids is 1. The Labute approximate surface area is 137 Å². The van der Waals surface area contributed by atoms with Crippen LogP contribution in [0.3, 0.4) is 0 Å². The van der Waals surface area contributed by atoms with Gasteiger partial charge in [0.15, 0.2) is 0 Å².